The van der Waals surface area contributed by atoms with E-state index in [-0.39, 0.29) is 11.9 Å². The summed E-state index contributed by atoms with van der Waals surface area (Å²) in [6.45, 7) is 6.64. The molecule has 0 amide bonds. The third-order valence-corrected chi connectivity index (χ3v) is 4.36. The smallest absolute Gasteiger partial charge is 0.128 e. The van der Waals surface area contributed by atoms with E-state index in [1.165, 1.54) is 11.6 Å². The van der Waals surface area contributed by atoms with Crippen molar-refractivity contribution in [1.82, 2.24) is 15.1 Å². The first kappa shape index (κ1) is 16.2. The van der Waals surface area contributed by atoms with Gasteiger partial charge in [0.2, 0.25) is 0 Å². The molecular weight excluding hydrogens is 333 g/mol. The SMILES string of the molecule is CCC(NC)c1c(C)nn(Cc2cc(Br)ccc2F)c1C. The molecule has 1 unspecified atom stereocenters. The van der Waals surface area contributed by atoms with Gasteiger partial charge >= 0.3 is 0 Å². The zero-order valence-electron chi connectivity index (χ0n) is 12.9. The molecule has 1 heterocycles. The Labute approximate surface area is 133 Å². The van der Waals surface area contributed by atoms with Crippen LogP contribution >= 0.6 is 15.9 Å². The minimum Gasteiger partial charge on any atom is -0.313 e. The zero-order chi connectivity index (χ0) is 15.6. The number of halogens is 2. The molecule has 5 heteroatoms. The molecule has 0 aliphatic rings. The Morgan fingerprint density at radius 2 is 2.10 bits per heavy atom. The maximum Gasteiger partial charge on any atom is 0.128 e. The van der Waals surface area contributed by atoms with Gasteiger partial charge in [0.25, 0.3) is 0 Å². The van der Waals surface area contributed by atoms with Gasteiger partial charge in [-0.15, -0.1) is 0 Å². The van der Waals surface area contributed by atoms with Crippen LogP contribution in [0.4, 0.5) is 4.39 Å². The van der Waals surface area contributed by atoms with Gasteiger partial charge in [-0.1, -0.05) is 22.9 Å². The molecule has 1 atom stereocenters. The average molecular weight is 354 g/mol. The molecule has 0 spiro atoms. The summed E-state index contributed by atoms with van der Waals surface area (Å²) in [6.07, 6.45) is 0.995. The summed E-state index contributed by atoms with van der Waals surface area (Å²) in [5.74, 6) is -0.201. The molecule has 1 aromatic carbocycles. The summed E-state index contributed by atoms with van der Waals surface area (Å²) in [5, 5.41) is 7.90. The van der Waals surface area contributed by atoms with Crippen LogP contribution < -0.4 is 5.32 Å². The Morgan fingerprint density at radius 1 is 1.38 bits per heavy atom. The van der Waals surface area contributed by atoms with Gasteiger partial charge in [0.1, 0.15) is 5.82 Å². The van der Waals surface area contributed by atoms with Crippen LogP contribution in [0.5, 0.6) is 0 Å². The fraction of sp³-hybridized carbons (Fsp3) is 0.438. The van der Waals surface area contributed by atoms with Gasteiger partial charge < -0.3 is 5.32 Å². The molecule has 21 heavy (non-hydrogen) atoms. The lowest BCUT2D eigenvalue weighted by atomic mass is 10.0. The standard InChI is InChI=1S/C16H21BrFN3/c1-5-15(19-4)16-10(2)20-21(11(16)3)9-12-8-13(17)6-7-14(12)18/h6-8,15,19H,5,9H2,1-4H3. The second kappa shape index (κ2) is 6.71. The van der Waals surface area contributed by atoms with Crippen molar-refractivity contribution in [2.75, 3.05) is 7.05 Å². The molecule has 1 N–H and O–H groups in total. The molecule has 3 nitrogen and oxygen atoms in total. The van der Waals surface area contributed by atoms with E-state index in [2.05, 4.69) is 33.3 Å². The molecular formula is C16H21BrFN3. The van der Waals surface area contributed by atoms with Gasteiger partial charge in [-0.3, -0.25) is 4.68 Å². The fourth-order valence-corrected chi connectivity index (χ4v) is 3.16. The van der Waals surface area contributed by atoms with Crippen molar-refractivity contribution in [3.05, 3.63) is 51.0 Å². The lowest BCUT2D eigenvalue weighted by molar-refractivity contribution is 0.563. The molecule has 0 saturated heterocycles. The van der Waals surface area contributed by atoms with Gasteiger partial charge in [0.05, 0.1) is 12.2 Å². The number of nitrogens with zero attached hydrogens (tertiary/aromatic N) is 2. The summed E-state index contributed by atoms with van der Waals surface area (Å²) >= 11 is 3.39. The van der Waals surface area contributed by atoms with Crippen LogP contribution in [0, 0.1) is 19.7 Å². The number of hydrogen-bond acceptors (Lipinski definition) is 2. The monoisotopic (exact) mass is 353 g/mol. The zero-order valence-corrected chi connectivity index (χ0v) is 14.5. The van der Waals surface area contributed by atoms with E-state index in [0.717, 1.165) is 22.3 Å². The average Bonchev–Trinajstić information content (AvgIpc) is 2.72. The highest BCUT2D eigenvalue weighted by molar-refractivity contribution is 9.10. The number of hydrogen-bond donors (Lipinski definition) is 1. The Bertz CT molecular complexity index is 633. The molecule has 0 aliphatic heterocycles. The molecule has 0 aliphatic carbocycles. The third kappa shape index (κ3) is 3.35. The maximum atomic E-state index is 13.9. The predicted molar refractivity (Wildman–Crippen MR) is 87.0 cm³/mol. The van der Waals surface area contributed by atoms with Gasteiger partial charge in [0.15, 0.2) is 0 Å². The van der Waals surface area contributed by atoms with E-state index in [1.807, 2.05) is 25.6 Å². The Morgan fingerprint density at radius 3 is 2.71 bits per heavy atom. The van der Waals surface area contributed by atoms with Gasteiger partial charge in [-0.25, -0.2) is 4.39 Å². The van der Waals surface area contributed by atoms with Crippen molar-refractivity contribution < 1.29 is 4.39 Å². The van der Waals surface area contributed by atoms with E-state index < -0.39 is 0 Å². The first-order valence-corrected chi connectivity index (χ1v) is 7.92. The van der Waals surface area contributed by atoms with Crippen molar-refractivity contribution in [3.63, 3.8) is 0 Å². The van der Waals surface area contributed by atoms with Crippen LogP contribution in [0.15, 0.2) is 22.7 Å². The highest BCUT2D eigenvalue weighted by Crippen LogP contribution is 2.25. The highest BCUT2D eigenvalue weighted by atomic mass is 79.9. The second-order valence-corrected chi connectivity index (χ2v) is 6.14. The quantitative estimate of drug-likeness (QED) is 0.875. The molecule has 2 rings (SSSR count). The van der Waals surface area contributed by atoms with Crippen LogP contribution in [0.3, 0.4) is 0 Å². The van der Waals surface area contributed by atoms with E-state index in [0.29, 0.717) is 12.1 Å². The minimum atomic E-state index is -0.201. The van der Waals surface area contributed by atoms with E-state index in [9.17, 15) is 4.39 Å². The molecule has 114 valence electrons. The molecule has 0 bridgehead atoms. The number of benzene rings is 1. The molecule has 1 aromatic heterocycles. The predicted octanol–water partition coefficient (Wildman–Crippen LogP) is 4.12. The second-order valence-electron chi connectivity index (χ2n) is 5.23. The van der Waals surface area contributed by atoms with Gasteiger partial charge in [-0.2, -0.15) is 5.10 Å². The Balaban J connectivity index is 2.38. The number of rotatable bonds is 5. The number of aromatic nitrogens is 2. The molecule has 0 radical (unpaired) electrons. The Kier molecular flexibility index (Phi) is 5.17. The van der Waals surface area contributed by atoms with Crippen LogP contribution in [0.2, 0.25) is 0 Å². The normalized spacial score (nSPS) is 12.7. The fourth-order valence-electron chi connectivity index (χ4n) is 2.75. The van der Waals surface area contributed by atoms with Crippen LogP contribution in [0.25, 0.3) is 0 Å². The van der Waals surface area contributed by atoms with E-state index in [1.54, 1.807) is 12.1 Å². The topological polar surface area (TPSA) is 29.9 Å². The molecule has 0 saturated carbocycles. The number of aryl methyl sites for hydroxylation is 1. The number of nitrogens with one attached hydrogen (secondary N) is 1. The van der Waals surface area contributed by atoms with Crippen LogP contribution in [-0.2, 0) is 6.54 Å². The van der Waals surface area contributed by atoms with Crippen molar-refractivity contribution >= 4 is 15.9 Å². The van der Waals surface area contributed by atoms with Crippen molar-refractivity contribution in [3.8, 4) is 0 Å². The first-order chi connectivity index (χ1) is 9.97. The summed E-state index contributed by atoms with van der Waals surface area (Å²) < 4.78 is 16.7. The van der Waals surface area contributed by atoms with Crippen LogP contribution in [0.1, 0.15) is 41.9 Å². The van der Waals surface area contributed by atoms with Crippen molar-refractivity contribution in [2.24, 2.45) is 0 Å². The van der Waals surface area contributed by atoms with E-state index >= 15 is 0 Å². The lowest BCUT2D eigenvalue weighted by Gasteiger charge is -2.15. The molecule has 2 aromatic rings. The summed E-state index contributed by atoms with van der Waals surface area (Å²) in [5.41, 5.74) is 3.95. The summed E-state index contributed by atoms with van der Waals surface area (Å²) in [7, 11) is 1.96. The summed E-state index contributed by atoms with van der Waals surface area (Å²) in [4.78, 5) is 0. The van der Waals surface area contributed by atoms with Crippen molar-refractivity contribution in [2.45, 2.75) is 39.8 Å². The van der Waals surface area contributed by atoms with E-state index in [4.69, 9.17) is 0 Å². The largest absolute Gasteiger partial charge is 0.313 e. The third-order valence-electron chi connectivity index (χ3n) is 3.87. The minimum absolute atomic E-state index is 0.201. The van der Waals surface area contributed by atoms with Crippen LogP contribution in [-0.4, -0.2) is 16.8 Å². The van der Waals surface area contributed by atoms with Crippen molar-refractivity contribution in [1.29, 1.82) is 0 Å². The highest BCUT2D eigenvalue weighted by Gasteiger charge is 2.19. The van der Waals surface area contributed by atoms with Gasteiger partial charge in [0, 0.05) is 27.3 Å². The maximum absolute atomic E-state index is 13.9. The lowest BCUT2D eigenvalue weighted by Crippen LogP contribution is -2.17. The molecule has 0 fully saturated rings. The summed E-state index contributed by atoms with van der Waals surface area (Å²) in [6, 6.07) is 5.28. The Hall–Kier alpha value is -1.20. The van der Waals surface area contributed by atoms with Gasteiger partial charge in [-0.05, 0) is 45.5 Å². The first-order valence-electron chi connectivity index (χ1n) is 7.13.